The lowest BCUT2D eigenvalue weighted by atomic mass is 10.1. The Labute approximate surface area is 101 Å². The minimum atomic E-state index is -0.243. The first-order chi connectivity index (χ1) is 8.24. The highest BCUT2D eigenvalue weighted by atomic mass is 19.1. The maximum atomic E-state index is 13.8. The first-order valence-electron chi connectivity index (χ1n) is 5.92. The second-order valence-electron chi connectivity index (χ2n) is 4.41. The molecule has 1 aliphatic rings. The van der Waals surface area contributed by atoms with E-state index >= 15 is 0 Å². The number of methoxy groups -OCH3 is 1. The van der Waals surface area contributed by atoms with Crippen LogP contribution in [0.3, 0.4) is 0 Å². The Morgan fingerprint density at radius 1 is 1.53 bits per heavy atom. The number of ether oxygens (including phenoxy) is 1. The quantitative estimate of drug-likeness (QED) is 0.869. The lowest BCUT2D eigenvalue weighted by molar-refractivity contribution is 0.152. The molecule has 1 aromatic carbocycles. The van der Waals surface area contributed by atoms with E-state index in [2.05, 4.69) is 4.90 Å². The van der Waals surface area contributed by atoms with Gasteiger partial charge in [-0.1, -0.05) is 6.07 Å². The lowest BCUT2D eigenvalue weighted by Gasteiger charge is -2.22. The number of benzene rings is 1. The summed E-state index contributed by atoms with van der Waals surface area (Å²) < 4.78 is 18.7. The number of halogens is 1. The summed E-state index contributed by atoms with van der Waals surface area (Å²) >= 11 is 0. The molecule has 2 rings (SSSR count). The predicted octanol–water partition coefficient (Wildman–Crippen LogP) is 1.79. The molecule has 0 aromatic heterocycles. The van der Waals surface area contributed by atoms with Crippen LogP contribution < -0.4 is 4.74 Å². The molecule has 1 saturated heterocycles. The summed E-state index contributed by atoms with van der Waals surface area (Å²) in [6, 6.07) is 5.10. The summed E-state index contributed by atoms with van der Waals surface area (Å²) in [6.07, 6.45) is 2.07. The molecule has 0 unspecified atom stereocenters. The van der Waals surface area contributed by atoms with Gasteiger partial charge in [0.15, 0.2) is 0 Å². The zero-order valence-electron chi connectivity index (χ0n) is 10.0. The Hall–Kier alpha value is -1.13. The first-order valence-corrected chi connectivity index (χ1v) is 5.92. The van der Waals surface area contributed by atoms with Gasteiger partial charge < -0.3 is 9.84 Å². The van der Waals surface area contributed by atoms with Crippen molar-refractivity contribution in [1.82, 2.24) is 4.90 Å². The Bertz CT molecular complexity index is 384. The third-order valence-corrected chi connectivity index (χ3v) is 3.34. The zero-order valence-corrected chi connectivity index (χ0v) is 10.0. The summed E-state index contributed by atoms with van der Waals surface area (Å²) in [5, 5.41) is 9.21. The maximum Gasteiger partial charge on any atom is 0.131 e. The van der Waals surface area contributed by atoms with Crippen molar-refractivity contribution < 1.29 is 14.2 Å². The molecule has 1 fully saturated rings. The van der Waals surface area contributed by atoms with E-state index in [0.29, 0.717) is 17.9 Å². The zero-order chi connectivity index (χ0) is 12.3. The van der Waals surface area contributed by atoms with Crippen LogP contribution in [0.25, 0.3) is 0 Å². The van der Waals surface area contributed by atoms with E-state index in [1.807, 2.05) is 0 Å². The molecule has 0 aliphatic carbocycles. The number of nitrogens with zero attached hydrogens (tertiary/aromatic N) is 1. The fraction of sp³-hybridized carbons (Fsp3) is 0.538. The molecular formula is C13H18FNO2. The molecule has 94 valence electrons. The van der Waals surface area contributed by atoms with E-state index in [1.165, 1.54) is 13.2 Å². The number of aliphatic hydroxyl groups is 1. The van der Waals surface area contributed by atoms with Crippen molar-refractivity contribution in [3.63, 3.8) is 0 Å². The molecule has 1 N–H and O–H groups in total. The third kappa shape index (κ3) is 2.76. The smallest absolute Gasteiger partial charge is 0.131 e. The highest BCUT2D eigenvalue weighted by molar-refractivity contribution is 5.28. The number of likely N-dealkylation sites (tertiary alicyclic amines) is 1. The molecule has 0 spiro atoms. The van der Waals surface area contributed by atoms with Crippen molar-refractivity contribution in [1.29, 1.82) is 0 Å². The van der Waals surface area contributed by atoms with E-state index < -0.39 is 0 Å². The van der Waals surface area contributed by atoms with Crippen LogP contribution in [-0.2, 0) is 6.54 Å². The summed E-state index contributed by atoms with van der Waals surface area (Å²) in [7, 11) is 1.52. The Kier molecular flexibility index (Phi) is 3.97. The van der Waals surface area contributed by atoms with Crippen LogP contribution in [0.15, 0.2) is 18.2 Å². The van der Waals surface area contributed by atoms with Crippen LogP contribution in [0.1, 0.15) is 18.4 Å². The predicted molar refractivity (Wildman–Crippen MR) is 63.5 cm³/mol. The molecule has 1 aliphatic heterocycles. The second-order valence-corrected chi connectivity index (χ2v) is 4.41. The van der Waals surface area contributed by atoms with Gasteiger partial charge in [-0.15, -0.1) is 0 Å². The van der Waals surface area contributed by atoms with Gasteiger partial charge in [0, 0.05) is 24.2 Å². The average Bonchev–Trinajstić information content (AvgIpc) is 2.79. The Morgan fingerprint density at radius 2 is 2.35 bits per heavy atom. The van der Waals surface area contributed by atoms with Gasteiger partial charge in [-0.05, 0) is 25.5 Å². The van der Waals surface area contributed by atoms with Gasteiger partial charge in [0.2, 0.25) is 0 Å². The van der Waals surface area contributed by atoms with Gasteiger partial charge in [0.05, 0.1) is 13.7 Å². The van der Waals surface area contributed by atoms with Crippen LogP contribution in [0, 0.1) is 5.82 Å². The molecule has 0 amide bonds. The van der Waals surface area contributed by atoms with E-state index in [4.69, 9.17) is 4.74 Å². The fourth-order valence-corrected chi connectivity index (χ4v) is 2.31. The first kappa shape index (κ1) is 12.3. The van der Waals surface area contributed by atoms with Crippen molar-refractivity contribution in [3.05, 3.63) is 29.6 Å². The lowest BCUT2D eigenvalue weighted by Crippen LogP contribution is -2.31. The van der Waals surface area contributed by atoms with E-state index in [0.717, 1.165) is 19.4 Å². The molecule has 0 radical (unpaired) electrons. The largest absolute Gasteiger partial charge is 0.497 e. The van der Waals surface area contributed by atoms with Gasteiger partial charge in [-0.3, -0.25) is 4.90 Å². The number of aliphatic hydroxyl groups excluding tert-OH is 1. The molecule has 4 heteroatoms. The van der Waals surface area contributed by atoms with Crippen LogP contribution in [0.2, 0.25) is 0 Å². The fourth-order valence-electron chi connectivity index (χ4n) is 2.31. The second kappa shape index (κ2) is 5.47. The summed E-state index contributed by atoms with van der Waals surface area (Å²) in [5.74, 6) is 0.291. The van der Waals surface area contributed by atoms with Crippen LogP contribution >= 0.6 is 0 Å². The third-order valence-electron chi connectivity index (χ3n) is 3.34. The van der Waals surface area contributed by atoms with Gasteiger partial charge >= 0.3 is 0 Å². The van der Waals surface area contributed by atoms with Crippen LogP contribution in [0.5, 0.6) is 5.75 Å². The molecule has 1 atom stereocenters. The summed E-state index contributed by atoms with van der Waals surface area (Å²) in [6.45, 7) is 1.63. The van der Waals surface area contributed by atoms with E-state index in [9.17, 15) is 9.50 Å². The summed E-state index contributed by atoms with van der Waals surface area (Å²) in [4.78, 5) is 2.13. The SMILES string of the molecule is COc1ccc(CN2CCC[C@H]2CO)c(F)c1. The van der Waals surface area contributed by atoms with Crippen molar-refractivity contribution in [2.24, 2.45) is 0 Å². The standard InChI is InChI=1S/C13H18FNO2/c1-17-12-5-4-10(13(14)7-12)8-15-6-2-3-11(15)9-16/h4-5,7,11,16H,2-3,6,8-9H2,1H3/t11-/m0/s1. The highest BCUT2D eigenvalue weighted by Gasteiger charge is 2.24. The maximum absolute atomic E-state index is 13.8. The van der Waals surface area contributed by atoms with Crippen molar-refractivity contribution in [3.8, 4) is 5.75 Å². The minimum Gasteiger partial charge on any atom is -0.497 e. The van der Waals surface area contributed by atoms with Crippen molar-refractivity contribution >= 4 is 0 Å². The topological polar surface area (TPSA) is 32.7 Å². The minimum absolute atomic E-state index is 0.151. The Morgan fingerprint density at radius 3 is 3.00 bits per heavy atom. The van der Waals surface area contributed by atoms with Gasteiger partial charge in [-0.2, -0.15) is 0 Å². The molecule has 3 nitrogen and oxygen atoms in total. The summed E-state index contributed by atoms with van der Waals surface area (Å²) in [5.41, 5.74) is 0.658. The molecule has 1 aromatic rings. The molecule has 0 saturated carbocycles. The molecule has 17 heavy (non-hydrogen) atoms. The van der Waals surface area contributed by atoms with Gasteiger partial charge in [-0.25, -0.2) is 4.39 Å². The number of hydrogen-bond acceptors (Lipinski definition) is 3. The normalized spacial score (nSPS) is 20.8. The van der Waals surface area contributed by atoms with Crippen LogP contribution in [0.4, 0.5) is 4.39 Å². The van der Waals surface area contributed by atoms with E-state index in [1.54, 1.807) is 12.1 Å². The highest BCUT2D eigenvalue weighted by Crippen LogP contribution is 2.22. The van der Waals surface area contributed by atoms with E-state index in [-0.39, 0.29) is 18.5 Å². The van der Waals surface area contributed by atoms with Gasteiger partial charge in [0.25, 0.3) is 0 Å². The van der Waals surface area contributed by atoms with Crippen molar-refractivity contribution in [2.45, 2.75) is 25.4 Å². The monoisotopic (exact) mass is 239 g/mol. The molecule has 1 heterocycles. The van der Waals surface area contributed by atoms with Crippen LogP contribution in [-0.4, -0.2) is 36.3 Å². The Balaban J connectivity index is 2.08. The van der Waals surface area contributed by atoms with Gasteiger partial charge in [0.1, 0.15) is 11.6 Å². The molecule has 0 bridgehead atoms. The number of hydrogen-bond donors (Lipinski definition) is 1. The van der Waals surface area contributed by atoms with Crippen molar-refractivity contribution in [2.75, 3.05) is 20.3 Å². The number of rotatable bonds is 4. The molecular weight excluding hydrogens is 221 g/mol. The average molecular weight is 239 g/mol.